The van der Waals surface area contributed by atoms with Crippen LogP contribution in [0.1, 0.15) is 72.6 Å². The maximum absolute atomic E-state index is 12.4. The van der Waals surface area contributed by atoms with Gasteiger partial charge in [-0.3, -0.25) is 4.79 Å². The lowest BCUT2D eigenvalue weighted by atomic mass is 9.44. The highest BCUT2D eigenvalue weighted by atomic mass is 16.6. The van der Waals surface area contributed by atoms with Gasteiger partial charge in [-0.15, -0.1) is 0 Å². The monoisotopic (exact) mass is 346 g/mol. The zero-order valence-electron chi connectivity index (χ0n) is 16.3. The molecule has 0 amide bonds. The van der Waals surface area contributed by atoms with Gasteiger partial charge in [-0.05, 0) is 74.5 Å². The van der Waals surface area contributed by atoms with Crippen LogP contribution in [0.3, 0.4) is 0 Å². The van der Waals surface area contributed by atoms with Crippen LogP contribution in [0, 0.1) is 40.4 Å². The molecule has 1 N–H and O–H groups in total. The van der Waals surface area contributed by atoms with Crippen LogP contribution >= 0.6 is 0 Å². The van der Waals surface area contributed by atoms with E-state index in [2.05, 4.69) is 20.8 Å². The molecule has 140 valence electrons. The number of hydrogen-bond donors (Lipinski definition) is 1. The Morgan fingerprint density at radius 1 is 1.12 bits per heavy atom. The average Bonchev–Trinajstić information content (AvgIpc) is 3.13. The highest BCUT2D eigenvalue weighted by Crippen LogP contribution is 2.74. The summed E-state index contributed by atoms with van der Waals surface area (Å²) in [6, 6.07) is 0. The Morgan fingerprint density at radius 3 is 2.60 bits per heavy atom. The number of Topliss-reactive ketones (excluding diaryl/α,β-unsaturated/α-hetero) is 1. The van der Waals surface area contributed by atoms with Gasteiger partial charge in [-0.2, -0.15) is 0 Å². The third kappa shape index (κ3) is 1.87. The van der Waals surface area contributed by atoms with E-state index in [4.69, 9.17) is 4.74 Å². The molecule has 3 nitrogen and oxygen atoms in total. The van der Waals surface area contributed by atoms with Crippen LogP contribution < -0.4 is 0 Å². The van der Waals surface area contributed by atoms with Crippen LogP contribution in [0.15, 0.2) is 0 Å². The summed E-state index contributed by atoms with van der Waals surface area (Å²) in [7, 11) is 0. The van der Waals surface area contributed by atoms with E-state index in [-0.39, 0.29) is 28.5 Å². The smallest absolute Gasteiger partial charge is 0.133 e. The number of aliphatic hydroxyl groups excluding tert-OH is 1. The number of hydrogen-bond acceptors (Lipinski definition) is 3. The van der Waals surface area contributed by atoms with Gasteiger partial charge in [0.1, 0.15) is 11.4 Å². The number of aliphatic hydroxyl groups is 1. The Kier molecular flexibility index (Phi) is 3.28. The number of fused-ring (bicyclic) bond motifs is 4. The molecule has 5 aliphatic rings. The highest BCUT2D eigenvalue weighted by molar-refractivity contribution is 5.80. The van der Waals surface area contributed by atoms with Gasteiger partial charge in [0.2, 0.25) is 0 Å². The molecule has 1 spiro atoms. The van der Waals surface area contributed by atoms with E-state index < -0.39 is 0 Å². The second kappa shape index (κ2) is 4.90. The first-order valence-electron chi connectivity index (χ1n) is 10.6. The molecule has 0 aromatic carbocycles. The van der Waals surface area contributed by atoms with Crippen molar-refractivity contribution in [3.63, 3.8) is 0 Å². The lowest BCUT2D eigenvalue weighted by Gasteiger charge is -2.59. The number of rotatable bonds is 1. The molecule has 1 aliphatic heterocycles. The Morgan fingerprint density at radius 2 is 1.88 bits per heavy atom. The predicted octanol–water partition coefficient (Wildman–Crippen LogP) is 3.97. The summed E-state index contributed by atoms with van der Waals surface area (Å²) in [5.41, 5.74) is 0.411. The summed E-state index contributed by atoms with van der Waals surface area (Å²) in [5, 5.41) is 10.3. The van der Waals surface area contributed by atoms with E-state index in [1.165, 1.54) is 25.7 Å². The van der Waals surface area contributed by atoms with Gasteiger partial charge in [0.15, 0.2) is 0 Å². The maximum Gasteiger partial charge on any atom is 0.133 e. The van der Waals surface area contributed by atoms with Crippen LogP contribution in [0.2, 0.25) is 0 Å². The molecule has 5 fully saturated rings. The highest BCUT2D eigenvalue weighted by Gasteiger charge is 2.76. The molecule has 3 heteroatoms. The van der Waals surface area contributed by atoms with Crippen molar-refractivity contribution >= 4 is 5.78 Å². The third-order valence-electron chi connectivity index (χ3n) is 9.84. The maximum atomic E-state index is 12.4. The van der Waals surface area contributed by atoms with E-state index in [0.717, 1.165) is 25.2 Å². The topological polar surface area (TPSA) is 49.8 Å². The molecule has 0 aromatic heterocycles. The largest absolute Gasteiger partial charge is 0.393 e. The normalized spacial score (nSPS) is 62.4. The van der Waals surface area contributed by atoms with Gasteiger partial charge in [0, 0.05) is 17.8 Å². The van der Waals surface area contributed by atoms with Crippen molar-refractivity contribution < 1.29 is 14.6 Å². The fraction of sp³-hybridized carbons (Fsp3) is 0.955. The summed E-state index contributed by atoms with van der Waals surface area (Å²) in [4.78, 5) is 12.4. The molecule has 1 saturated heterocycles. The molecule has 10 atom stereocenters. The molecule has 1 heterocycles. The quantitative estimate of drug-likeness (QED) is 0.731. The molecule has 0 radical (unpaired) electrons. The van der Waals surface area contributed by atoms with Crippen molar-refractivity contribution in [2.24, 2.45) is 40.4 Å². The SMILES string of the molecule is CC(=O)[C@@H]1[C@@H](C)C[C@@H]2[C@H]3C[C@@H]4O[C@@]45C[C@H](O)CC[C@@]5(C)[C@H]3CC[C@]21C. The zero-order valence-corrected chi connectivity index (χ0v) is 16.3. The van der Waals surface area contributed by atoms with Gasteiger partial charge in [-0.1, -0.05) is 20.8 Å². The van der Waals surface area contributed by atoms with Gasteiger partial charge >= 0.3 is 0 Å². The van der Waals surface area contributed by atoms with Crippen molar-refractivity contribution in [3.8, 4) is 0 Å². The van der Waals surface area contributed by atoms with Crippen molar-refractivity contribution in [3.05, 3.63) is 0 Å². The minimum absolute atomic E-state index is 0.0240. The van der Waals surface area contributed by atoms with Crippen molar-refractivity contribution in [1.82, 2.24) is 0 Å². The minimum Gasteiger partial charge on any atom is -0.393 e. The van der Waals surface area contributed by atoms with Crippen LogP contribution in [0.4, 0.5) is 0 Å². The third-order valence-corrected chi connectivity index (χ3v) is 9.84. The number of carbonyl (C=O) groups is 1. The van der Waals surface area contributed by atoms with E-state index in [1.54, 1.807) is 0 Å². The standard InChI is InChI=1S/C22H34O3/c1-12-9-17-15-10-18-22(25-18)11-14(24)5-8-21(22,4)16(15)6-7-20(17,3)19(12)13(2)23/h12,14-19,24H,5-11H2,1-4H3/t12-,14+,15-,16-,17+,18-,19-,20+,21-,22-/m0/s1. The first-order chi connectivity index (χ1) is 11.7. The van der Waals surface area contributed by atoms with E-state index >= 15 is 0 Å². The summed E-state index contributed by atoms with van der Waals surface area (Å²) in [5.74, 6) is 3.31. The van der Waals surface area contributed by atoms with Crippen LogP contribution in [-0.2, 0) is 9.53 Å². The van der Waals surface area contributed by atoms with E-state index in [0.29, 0.717) is 29.6 Å². The summed E-state index contributed by atoms with van der Waals surface area (Å²) < 4.78 is 6.39. The molecule has 4 aliphatic carbocycles. The van der Waals surface area contributed by atoms with Gasteiger partial charge in [0.25, 0.3) is 0 Å². The Bertz CT molecular complexity index is 616. The van der Waals surface area contributed by atoms with Gasteiger partial charge < -0.3 is 9.84 Å². The molecular formula is C22H34O3. The van der Waals surface area contributed by atoms with Gasteiger partial charge in [-0.25, -0.2) is 0 Å². The Balaban J connectivity index is 1.51. The second-order valence-electron chi connectivity index (χ2n) is 10.8. The van der Waals surface area contributed by atoms with Gasteiger partial charge in [0.05, 0.1) is 12.2 Å². The fourth-order valence-corrected chi connectivity index (χ4v) is 8.89. The van der Waals surface area contributed by atoms with E-state index in [9.17, 15) is 9.90 Å². The second-order valence-corrected chi connectivity index (χ2v) is 10.8. The first-order valence-corrected chi connectivity index (χ1v) is 10.6. The number of epoxide rings is 1. The van der Waals surface area contributed by atoms with Crippen molar-refractivity contribution in [2.75, 3.05) is 0 Å². The van der Waals surface area contributed by atoms with Crippen molar-refractivity contribution in [2.45, 2.75) is 90.4 Å². The Labute approximate surface area is 151 Å². The number of ether oxygens (including phenoxy) is 1. The zero-order chi connectivity index (χ0) is 17.8. The molecular weight excluding hydrogens is 312 g/mol. The number of ketones is 1. The fourth-order valence-electron chi connectivity index (χ4n) is 8.89. The molecule has 4 saturated carbocycles. The minimum atomic E-state index is -0.169. The van der Waals surface area contributed by atoms with Crippen LogP contribution in [0.5, 0.6) is 0 Å². The first kappa shape index (κ1) is 16.7. The average molecular weight is 347 g/mol. The lowest BCUT2D eigenvalue weighted by molar-refractivity contribution is -0.134. The summed E-state index contributed by atoms with van der Waals surface area (Å²) >= 11 is 0. The summed E-state index contributed by atoms with van der Waals surface area (Å²) in [6.45, 7) is 9.02. The molecule has 5 rings (SSSR count). The molecule has 25 heavy (non-hydrogen) atoms. The molecule has 0 aromatic rings. The number of carbonyl (C=O) groups excluding carboxylic acids is 1. The Hall–Kier alpha value is -0.410. The van der Waals surface area contributed by atoms with Crippen molar-refractivity contribution in [1.29, 1.82) is 0 Å². The lowest BCUT2D eigenvalue weighted by Crippen LogP contribution is -2.58. The predicted molar refractivity (Wildman–Crippen MR) is 95.9 cm³/mol. The molecule has 0 bridgehead atoms. The van der Waals surface area contributed by atoms with E-state index in [1.807, 2.05) is 6.92 Å². The van der Waals surface area contributed by atoms with Crippen LogP contribution in [-0.4, -0.2) is 28.7 Å². The molecule has 0 unspecified atom stereocenters. The summed E-state index contributed by atoms with van der Waals surface area (Å²) in [6.07, 6.45) is 7.94. The van der Waals surface area contributed by atoms with Crippen LogP contribution in [0.25, 0.3) is 0 Å².